The molecule has 3 nitrogen and oxygen atoms in total. The molecular weight excluding hydrogens is 250 g/mol. The average Bonchev–Trinajstić information content (AvgIpc) is 3.09. The van der Waals surface area contributed by atoms with Gasteiger partial charge in [0.2, 0.25) is 0 Å². The summed E-state index contributed by atoms with van der Waals surface area (Å²) in [6, 6.07) is 10.2. The number of benzene rings is 1. The lowest BCUT2D eigenvalue weighted by Gasteiger charge is -2.30. The normalized spacial score (nSPS) is 31.0. The summed E-state index contributed by atoms with van der Waals surface area (Å²) in [5, 5.41) is 9.58. The molecule has 2 bridgehead atoms. The fraction of sp³-hybridized carbons (Fsp3) is 0.588. The Kier molecular flexibility index (Phi) is 3.56. The first kappa shape index (κ1) is 13.3. The molecule has 3 heteroatoms. The third-order valence-electron chi connectivity index (χ3n) is 5.07. The second kappa shape index (κ2) is 5.36. The van der Waals surface area contributed by atoms with Crippen LogP contribution in [-0.2, 0) is 0 Å². The van der Waals surface area contributed by atoms with Crippen molar-refractivity contribution < 1.29 is 9.47 Å². The monoisotopic (exact) mass is 271 g/mol. The lowest BCUT2D eigenvalue weighted by molar-refractivity contribution is 0.175. The summed E-state index contributed by atoms with van der Waals surface area (Å²) in [7, 11) is 1.65. The molecule has 2 aliphatic rings. The molecule has 0 spiro atoms. The fourth-order valence-corrected chi connectivity index (χ4v) is 3.97. The van der Waals surface area contributed by atoms with Crippen LogP contribution in [-0.4, -0.2) is 13.7 Å². The Morgan fingerprint density at radius 3 is 2.55 bits per heavy atom. The number of hydrogen-bond acceptors (Lipinski definition) is 3. The van der Waals surface area contributed by atoms with E-state index in [9.17, 15) is 5.26 Å². The van der Waals surface area contributed by atoms with Crippen LogP contribution in [0.25, 0.3) is 0 Å². The summed E-state index contributed by atoms with van der Waals surface area (Å²) in [6.45, 7) is 0.628. The zero-order valence-corrected chi connectivity index (χ0v) is 12.0. The van der Waals surface area contributed by atoms with Gasteiger partial charge in [0, 0.05) is 6.42 Å². The third-order valence-corrected chi connectivity index (χ3v) is 5.07. The van der Waals surface area contributed by atoms with Gasteiger partial charge in [-0.1, -0.05) is 6.42 Å². The van der Waals surface area contributed by atoms with Crippen LogP contribution in [0.15, 0.2) is 24.3 Å². The summed E-state index contributed by atoms with van der Waals surface area (Å²) in [5.41, 5.74) is -0.116. The maximum absolute atomic E-state index is 9.58. The van der Waals surface area contributed by atoms with Crippen LogP contribution < -0.4 is 9.47 Å². The third kappa shape index (κ3) is 2.35. The van der Waals surface area contributed by atoms with E-state index in [1.54, 1.807) is 7.11 Å². The first-order chi connectivity index (χ1) is 9.75. The van der Waals surface area contributed by atoms with Crippen LogP contribution in [0.1, 0.15) is 32.1 Å². The molecule has 2 fully saturated rings. The molecular formula is C17H21NO2. The minimum Gasteiger partial charge on any atom is -0.497 e. The summed E-state index contributed by atoms with van der Waals surface area (Å²) in [6.07, 6.45) is 5.77. The number of hydrogen-bond donors (Lipinski definition) is 0. The summed E-state index contributed by atoms with van der Waals surface area (Å²) in [4.78, 5) is 0. The van der Waals surface area contributed by atoms with Gasteiger partial charge in [0.15, 0.2) is 0 Å². The molecule has 106 valence electrons. The number of nitrogens with zero attached hydrogens (tertiary/aromatic N) is 1. The minimum atomic E-state index is -0.116. The minimum absolute atomic E-state index is 0.116. The summed E-state index contributed by atoms with van der Waals surface area (Å²) in [5.74, 6) is 3.08. The molecule has 0 aromatic heterocycles. The van der Waals surface area contributed by atoms with Crippen molar-refractivity contribution in [3.63, 3.8) is 0 Å². The van der Waals surface area contributed by atoms with Gasteiger partial charge >= 0.3 is 0 Å². The van der Waals surface area contributed by atoms with Gasteiger partial charge in [-0.25, -0.2) is 0 Å². The van der Waals surface area contributed by atoms with Crippen molar-refractivity contribution in [3.8, 4) is 17.6 Å². The number of rotatable bonds is 5. The number of nitriles is 1. The van der Waals surface area contributed by atoms with Gasteiger partial charge in [-0.15, -0.1) is 0 Å². The van der Waals surface area contributed by atoms with Crippen LogP contribution in [0.4, 0.5) is 0 Å². The molecule has 2 aliphatic carbocycles. The zero-order valence-electron chi connectivity index (χ0n) is 12.0. The predicted molar refractivity (Wildman–Crippen MR) is 76.6 cm³/mol. The second-order valence-corrected chi connectivity index (χ2v) is 6.12. The van der Waals surface area contributed by atoms with Gasteiger partial charge in [-0.2, -0.15) is 5.26 Å². The fourth-order valence-electron chi connectivity index (χ4n) is 3.97. The van der Waals surface area contributed by atoms with Crippen LogP contribution >= 0.6 is 0 Å². The molecule has 3 atom stereocenters. The van der Waals surface area contributed by atoms with Gasteiger partial charge in [-0.05, 0) is 55.4 Å². The molecule has 3 rings (SSSR count). The lowest BCUT2D eigenvalue weighted by atomic mass is 9.72. The SMILES string of the molecule is COc1ccc(OCCC2(C#N)CC3CCC2C3)cc1. The van der Waals surface area contributed by atoms with E-state index >= 15 is 0 Å². The van der Waals surface area contributed by atoms with Crippen molar-refractivity contribution in [2.24, 2.45) is 17.3 Å². The highest BCUT2D eigenvalue weighted by Crippen LogP contribution is 2.57. The number of fused-ring (bicyclic) bond motifs is 2. The highest BCUT2D eigenvalue weighted by molar-refractivity contribution is 5.31. The van der Waals surface area contributed by atoms with Crippen LogP contribution in [0.2, 0.25) is 0 Å². The highest BCUT2D eigenvalue weighted by atomic mass is 16.5. The number of methoxy groups -OCH3 is 1. The molecule has 3 unspecified atom stereocenters. The molecule has 1 aromatic rings. The maximum Gasteiger partial charge on any atom is 0.119 e. The molecule has 0 radical (unpaired) electrons. The Balaban J connectivity index is 1.55. The van der Waals surface area contributed by atoms with Gasteiger partial charge < -0.3 is 9.47 Å². The first-order valence-corrected chi connectivity index (χ1v) is 7.44. The Hall–Kier alpha value is -1.69. The second-order valence-electron chi connectivity index (χ2n) is 6.12. The number of ether oxygens (including phenoxy) is 2. The van der Waals surface area contributed by atoms with E-state index in [-0.39, 0.29) is 5.41 Å². The van der Waals surface area contributed by atoms with E-state index in [4.69, 9.17) is 9.47 Å². The Bertz CT molecular complexity index is 505. The van der Waals surface area contributed by atoms with E-state index in [2.05, 4.69) is 6.07 Å². The molecule has 20 heavy (non-hydrogen) atoms. The molecule has 2 saturated carbocycles. The van der Waals surface area contributed by atoms with Crippen LogP contribution in [0.5, 0.6) is 11.5 Å². The van der Waals surface area contributed by atoms with Gasteiger partial charge in [0.05, 0.1) is 25.2 Å². The molecule has 0 N–H and O–H groups in total. The van der Waals surface area contributed by atoms with Crippen molar-refractivity contribution in [3.05, 3.63) is 24.3 Å². The smallest absolute Gasteiger partial charge is 0.119 e. The van der Waals surface area contributed by atoms with E-state index in [0.717, 1.165) is 30.3 Å². The molecule has 0 aliphatic heterocycles. The molecule has 0 amide bonds. The van der Waals surface area contributed by atoms with Crippen LogP contribution in [0.3, 0.4) is 0 Å². The summed E-state index contributed by atoms with van der Waals surface area (Å²) >= 11 is 0. The zero-order chi connectivity index (χ0) is 14.0. The standard InChI is InChI=1S/C17H21NO2/c1-19-15-4-6-16(7-5-15)20-9-8-17(12-18)11-13-2-3-14(17)10-13/h4-7,13-14H,2-3,8-11H2,1H3. The lowest BCUT2D eigenvalue weighted by Crippen LogP contribution is -2.28. The van der Waals surface area contributed by atoms with E-state index in [1.807, 2.05) is 24.3 Å². The van der Waals surface area contributed by atoms with Crippen molar-refractivity contribution in [2.75, 3.05) is 13.7 Å². The van der Waals surface area contributed by atoms with Crippen molar-refractivity contribution >= 4 is 0 Å². The molecule has 1 aromatic carbocycles. The van der Waals surface area contributed by atoms with Gasteiger partial charge in [0.25, 0.3) is 0 Å². The van der Waals surface area contributed by atoms with E-state index in [1.165, 1.54) is 19.3 Å². The Labute approximate surface area is 120 Å². The van der Waals surface area contributed by atoms with Gasteiger partial charge in [0.1, 0.15) is 11.5 Å². The Morgan fingerprint density at radius 2 is 2.00 bits per heavy atom. The van der Waals surface area contributed by atoms with Crippen LogP contribution in [0, 0.1) is 28.6 Å². The van der Waals surface area contributed by atoms with E-state index in [0.29, 0.717) is 12.5 Å². The average molecular weight is 271 g/mol. The first-order valence-electron chi connectivity index (χ1n) is 7.44. The molecule has 0 heterocycles. The quantitative estimate of drug-likeness (QED) is 0.818. The molecule has 0 saturated heterocycles. The largest absolute Gasteiger partial charge is 0.497 e. The highest BCUT2D eigenvalue weighted by Gasteiger charge is 2.51. The van der Waals surface area contributed by atoms with Gasteiger partial charge in [-0.3, -0.25) is 0 Å². The predicted octanol–water partition coefficient (Wildman–Crippen LogP) is 3.79. The topological polar surface area (TPSA) is 42.2 Å². The summed E-state index contributed by atoms with van der Waals surface area (Å²) < 4.78 is 10.9. The maximum atomic E-state index is 9.58. The Morgan fingerprint density at radius 1 is 1.25 bits per heavy atom. The van der Waals surface area contributed by atoms with E-state index < -0.39 is 0 Å². The van der Waals surface area contributed by atoms with Crippen molar-refractivity contribution in [2.45, 2.75) is 32.1 Å². The van der Waals surface area contributed by atoms with Crippen molar-refractivity contribution in [1.29, 1.82) is 5.26 Å². The van der Waals surface area contributed by atoms with Crippen molar-refractivity contribution in [1.82, 2.24) is 0 Å².